The summed E-state index contributed by atoms with van der Waals surface area (Å²) in [5, 5.41) is 8.95. The van der Waals surface area contributed by atoms with Gasteiger partial charge in [-0.1, -0.05) is 0 Å². The number of benzene rings is 1. The van der Waals surface area contributed by atoms with Crippen LogP contribution in [0.15, 0.2) is 30.6 Å². The van der Waals surface area contributed by atoms with Crippen LogP contribution >= 0.6 is 0 Å². The zero-order chi connectivity index (χ0) is 21.1. The van der Waals surface area contributed by atoms with Crippen molar-refractivity contribution in [3.05, 3.63) is 41.7 Å². The van der Waals surface area contributed by atoms with Crippen LogP contribution in [0.5, 0.6) is 0 Å². The van der Waals surface area contributed by atoms with Gasteiger partial charge in [0.15, 0.2) is 0 Å². The van der Waals surface area contributed by atoms with Gasteiger partial charge in [-0.3, -0.25) is 0 Å². The molecule has 1 aromatic carbocycles. The number of morpholine rings is 1. The van der Waals surface area contributed by atoms with Crippen molar-refractivity contribution in [2.24, 2.45) is 0 Å². The highest BCUT2D eigenvalue weighted by Gasteiger charge is 2.36. The van der Waals surface area contributed by atoms with Gasteiger partial charge in [-0.2, -0.15) is 18.4 Å². The van der Waals surface area contributed by atoms with Crippen LogP contribution in [0.1, 0.15) is 11.1 Å². The Kier molecular flexibility index (Phi) is 5.63. The molecule has 0 saturated carbocycles. The molecule has 10 heteroatoms. The molecule has 2 aliphatic heterocycles. The molecule has 0 aliphatic carbocycles. The summed E-state index contributed by atoms with van der Waals surface area (Å²) in [6.07, 6.45) is -2.99. The first-order valence-electron chi connectivity index (χ1n) is 9.72. The van der Waals surface area contributed by atoms with E-state index in [9.17, 15) is 13.2 Å². The van der Waals surface area contributed by atoms with Crippen LogP contribution in [-0.2, 0) is 10.9 Å². The Balaban J connectivity index is 1.48. The average Bonchev–Trinajstić information content (AvgIpc) is 2.79. The van der Waals surface area contributed by atoms with E-state index in [1.807, 2.05) is 6.07 Å². The summed E-state index contributed by atoms with van der Waals surface area (Å²) in [6, 6.07) is 7.43. The van der Waals surface area contributed by atoms with E-state index in [2.05, 4.69) is 19.8 Å². The first-order chi connectivity index (χ1) is 14.5. The lowest BCUT2D eigenvalue weighted by Gasteiger charge is -2.38. The third-order valence-corrected chi connectivity index (χ3v) is 5.35. The summed E-state index contributed by atoms with van der Waals surface area (Å²) in [7, 11) is 0. The van der Waals surface area contributed by atoms with Crippen LogP contribution in [0.25, 0.3) is 0 Å². The van der Waals surface area contributed by atoms with Crippen molar-refractivity contribution in [3.63, 3.8) is 0 Å². The molecule has 2 aliphatic rings. The third-order valence-electron chi connectivity index (χ3n) is 5.35. The zero-order valence-corrected chi connectivity index (χ0v) is 16.3. The molecule has 30 heavy (non-hydrogen) atoms. The first kappa shape index (κ1) is 20.2. The highest BCUT2D eigenvalue weighted by atomic mass is 19.4. The minimum absolute atomic E-state index is 0.00124. The van der Waals surface area contributed by atoms with E-state index in [1.165, 1.54) is 18.5 Å². The predicted octanol–water partition coefficient (Wildman–Crippen LogP) is 2.53. The number of aromatic nitrogens is 2. The average molecular weight is 418 g/mol. The quantitative estimate of drug-likeness (QED) is 0.759. The van der Waals surface area contributed by atoms with E-state index in [4.69, 9.17) is 10.00 Å². The van der Waals surface area contributed by atoms with Crippen LogP contribution in [0.4, 0.5) is 30.5 Å². The van der Waals surface area contributed by atoms with Crippen LogP contribution in [0, 0.1) is 11.3 Å². The van der Waals surface area contributed by atoms with Gasteiger partial charge in [-0.05, 0) is 18.2 Å². The highest BCUT2D eigenvalue weighted by Crippen LogP contribution is 2.37. The number of piperazine rings is 1. The van der Waals surface area contributed by atoms with Gasteiger partial charge in [0.1, 0.15) is 18.0 Å². The Morgan fingerprint density at radius 1 is 0.867 bits per heavy atom. The molecular formula is C20H21F3N6O. The second kappa shape index (κ2) is 8.36. The molecule has 4 rings (SSSR count). The van der Waals surface area contributed by atoms with Crippen molar-refractivity contribution in [2.45, 2.75) is 6.18 Å². The van der Waals surface area contributed by atoms with E-state index in [1.54, 1.807) is 11.0 Å². The molecule has 2 saturated heterocycles. The van der Waals surface area contributed by atoms with Gasteiger partial charge in [-0.15, -0.1) is 0 Å². The Hall–Kier alpha value is -3.06. The van der Waals surface area contributed by atoms with Gasteiger partial charge < -0.3 is 19.4 Å². The number of anilines is 3. The molecule has 0 spiro atoms. The number of hydrogen-bond donors (Lipinski definition) is 0. The summed E-state index contributed by atoms with van der Waals surface area (Å²) in [4.78, 5) is 14.6. The van der Waals surface area contributed by atoms with Crippen LogP contribution < -0.4 is 14.7 Å². The van der Waals surface area contributed by atoms with E-state index >= 15 is 0 Å². The number of nitrogens with zero attached hydrogens (tertiary/aromatic N) is 6. The highest BCUT2D eigenvalue weighted by molar-refractivity contribution is 5.59. The fraction of sp³-hybridized carbons (Fsp3) is 0.450. The lowest BCUT2D eigenvalue weighted by atomic mass is 10.1. The zero-order valence-electron chi connectivity index (χ0n) is 16.3. The number of alkyl halides is 3. The Bertz CT molecular complexity index is 931. The molecule has 0 radical (unpaired) electrons. The van der Waals surface area contributed by atoms with Gasteiger partial charge in [0.25, 0.3) is 0 Å². The lowest BCUT2D eigenvalue weighted by Crippen LogP contribution is -2.47. The maximum Gasteiger partial charge on any atom is 0.418 e. The number of ether oxygens (including phenoxy) is 1. The summed E-state index contributed by atoms with van der Waals surface area (Å²) in [6.45, 7) is 4.77. The molecule has 2 fully saturated rings. The van der Waals surface area contributed by atoms with Gasteiger partial charge in [-0.25, -0.2) is 9.97 Å². The Morgan fingerprint density at radius 3 is 2.07 bits per heavy atom. The molecule has 7 nitrogen and oxygen atoms in total. The fourth-order valence-corrected chi connectivity index (χ4v) is 3.76. The molecule has 158 valence electrons. The van der Waals surface area contributed by atoms with Gasteiger partial charge in [0.2, 0.25) is 0 Å². The molecule has 0 unspecified atom stereocenters. The summed E-state index contributed by atoms with van der Waals surface area (Å²) >= 11 is 0. The molecule has 0 atom stereocenters. The number of rotatable bonds is 3. The topological polar surface area (TPSA) is 68.5 Å². The second-order valence-corrected chi connectivity index (χ2v) is 7.15. The van der Waals surface area contributed by atoms with Crippen molar-refractivity contribution >= 4 is 17.3 Å². The van der Waals surface area contributed by atoms with Gasteiger partial charge >= 0.3 is 6.18 Å². The number of halogens is 3. The standard InChI is InChI=1S/C20H21F3N6O/c21-20(22,23)16-11-15(13-24)1-2-17(16)27-3-5-28(6-4-27)18-12-19(26-14-25-18)29-7-9-30-10-8-29/h1-2,11-12,14H,3-10H2. The maximum atomic E-state index is 13.5. The van der Waals surface area contributed by atoms with Crippen molar-refractivity contribution in [3.8, 4) is 6.07 Å². The number of hydrogen-bond acceptors (Lipinski definition) is 7. The van der Waals surface area contributed by atoms with E-state index in [-0.39, 0.29) is 11.3 Å². The van der Waals surface area contributed by atoms with Crippen molar-refractivity contribution in [2.75, 3.05) is 67.2 Å². The van der Waals surface area contributed by atoms with Crippen molar-refractivity contribution < 1.29 is 17.9 Å². The second-order valence-electron chi connectivity index (χ2n) is 7.15. The molecule has 2 aromatic rings. The third kappa shape index (κ3) is 4.26. The molecule has 0 N–H and O–H groups in total. The summed E-state index contributed by atoms with van der Waals surface area (Å²) in [5.74, 6) is 1.60. The van der Waals surface area contributed by atoms with Crippen LogP contribution in [-0.4, -0.2) is 62.5 Å². The Morgan fingerprint density at radius 2 is 1.47 bits per heavy atom. The maximum absolute atomic E-state index is 13.5. The summed E-state index contributed by atoms with van der Waals surface area (Å²) in [5.41, 5.74) is -0.661. The van der Waals surface area contributed by atoms with Gasteiger partial charge in [0, 0.05) is 51.0 Å². The van der Waals surface area contributed by atoms with Crippen molar-refractivity contribution in [1.29, 1.82) is 5.26 Å². The SMILES string of the molecule is N#Cc1ccc(N2CCN(c3cc(N4CCOCC4)ncn3)CC2)c(C(F)(F)F)c1. The first-order valence-corrected chi connectivity index (χ1v) is 9.72. The molecular weight excluding hydrogens is 397 g/mol. The molecule has 3 heterocycles. The number of nitriles is 1. The Labute approximate surface area is 172 Å². The van der Waals surface area contributed by atoms with E-state index in [0.717, 1.165) is 30.8 Å². The monoisotopic (exact) mass is 418 g/mol. The molecule has 0 bridgehead atoms. The molecule has 0 amide bonds. The summed E-state index contributed by atoms with van der Waals surface area (Å²) < 4.78 is 45.9. The smallest absolute Gasteiger partial charge is 0.378 e. The normalized spacial score (nSPS) is 17.7. The van der Waals surface area contributed by atoms with E-state index < -0.39 is 11.7 Å². The molecule has 1 aromatic heterocycles. The fourth-order valence-electron chi connectivity index (χ4n) is 3.76. The minimum atomic E-state index is -4.51. The lowest BCUT2D eigenvalue weighted by molar-refractivity contribution is -0.137. The predicted molar refractivity (Wildman–Crippen MR) is 106 cm³/mol. The minimum Gasteiger partial charge on any atom is -0.378 e. The van der Waals surface area contributed by atoms with E-state index in [0.29, 0.717) is 39.4 Å². The van der Waals surface area contributed by atoms with Crippen LogP contribution in [0.2, 0.25) is 0 Å². The largest absolute Gasteiger partial charge is 0.418 e. The van der Waals surface area contributed by atoms with Crippen molar-refractivity contribution in [1.82, 2.24) is 9.97 Å². The van der Waals surface area contributed by atoms with Crippen LogP contribution in [0.3, 0.4) is 0 Å². The van der Waals surface area contributed by atoms with Gasteiger partial charge in [0.05, 0.1) is 30.4 Å².